The number of phenols is 1. The second-order valence-corrected chi connectivity index (χ2v) is 8.41. The summed E-state index contributed by atoms with van der Waals surface area (Å²) >= 11 is 0. The lowest BCUT2D eigenvalue weighted by molar-refractivity contribution is 0.356. The van der Waals surface area contributed by atoms with Gasteiger partial charge in [0.05, 0.1) is 13.3 Å². The summed E-state index contributed by atoms with van der Waals surface area (Å²) in [6.45, 7) is 1.31. The van der Waals surface area contributed by atoms with E-state index in [-0.39, 0.29) is 23.1 Å². The Labute approximate surface area is 183 Å². The molecule has 2 aromatic carbocycles. The summed E-state index contributed by atoms with van der Waals surface area (Å²) in [6, 6.07) is 11.6. The number of nitrogens with zero attached hydrogens (tertiary/aromatic N) is 4. The largest absolute Gasteiger partial charge is 0.504 e. The molecule has 10 heteroatoms. The van der Waals surface area contributed by atoms with E-state index in [0.29, 0.717) is 29.3 Å². The van der Waals surface area contributed by atoms with Crippen LogP contribution in [0.5, 0.6) is 11.5 Å². The summed E-state index contributed by atoms with van der Waals surface area (Å²) in [5.74, 6) is 0.674. The molecule has 0 bridgehead atoms. The molecule has 3 rings (SSSR count). The van der Waals surface area contributed by atoms with Gasteiger partial charge >= 0.3 is 0 Å². The van der Waals surface area contributed by atoms with E-state index in [1.807, 2.05) is 19.0 Å². The molecule has 1 N–H and O–H groups in total. The average molecular weight is 453 g/mol. The molecule has 0 unspecified atom stereocenters. The zero-order valence-corrected chi connectivity index (χ0v) is 18.7. The van der Waals surface area contributed by atoms with E-state index in [1.54, 1.807) is 47.6 Å². The van der Waals surface area contributed by atoms with E-state index in [1.165, 1.54) is 13.2 Å². The molecule has 0 saturated heterocycles. The molecule has 1 aliphatic rings. The molecular weight excluding hydrogens is 428 g/mol. The van der Waals surface area contributed by atoms with Crippen LogP contribution < -0.4 is 4.74 Å². The van der Waals surface area contributed by atoms with Gasteiger partial charge in [0.2, 0.25) is 0 Å². The first kappa shape index (κ1) is 23.7. The number of rotatable bonds is 7. The lowest BCUT2D eigenvalue weighted by Gasteiger charge is -2.20. The number of aromatic hydroxyl groups is 1. The zero-order valence-electron chi connectivity index (χ0n) is 17.0. The highest BCUT2D eigenvalue weighted by Gasteiger charge is 2.31. The molecule has 0 atom stereocenters. The van der Waals surface area contributed by atoms with Crippen molar-refractivity contribution in [3.63, 3.8) is 0 Å². The van der Waals surface area contributed by atoms with Gasteiger partial charge in [-0.15, -0.1) is 16.8 Å². The number of sulfonamides is 1. The molecule has 162 valence electrons. The normalized spacial score (nSPS) is 14.3. The molecule has 0 aliphatic carbocycles. The number of halogens is 1. The van der Waals surface area contributed by atoms with Gasteiger partial charge in [0.15, 0.2) is 17.3 Å². The lowest BCUT2D eigenvalue weighted by atomic mass is 10.2. The van der Waals surface area contributed by atoms with E-state index in [4.69, 9.17) is 4.74 Å². The fourth-order valence-corrected chi connectivity index (χ4v) is 4.15. The van der Waals surface area contributed by atoms with Crippen molar-refractivity contribution in [1.82, 2.24) is 9.91 Å². The van der Waals surface area contributed by atoms with E-state index in [0.717, 1.165) is 13.0 Å². The third-order valence-corrected chi connectivity index (χ3v) is 5.71. The number of ether oxygens (including phenoxy) is 1. The maximum absolute atomic E-state index is 12.4. The van der Waals surface area contributed by atoms with Gasteiger partial charge < -0.3 is 14.7 Å². The second kappa shape index (κ2) is 9.92. The minimum atomic E-state index is -3.73. The number of phenolic OH excluding ortho intramolecular Hbond substituents is 1. The standard InChI is InChI=1S/C20H24N4O4S.ClH/c1-23(2)11-6-12-24(21-14-15-9-10-17(25)18(13-15)28-3)20-16-7-4-5-8-19(16)29(26,27)22-20;/h4-5,7-10,13-14,25H,6,11-12H2,1-3H3;1H/b21-14+;. The SMILES string of the molecule is COc1cc(/C=N/N(CCCN(C)C)C2=NS(=O)(=O)c3ccccc32)ccc1O.Cl. The Morgan fingerprint density at radius 1 is 1.17 bits per heavy atom. The molecule has 1 heterocycles. The molecule has 8 nitrogen and oxygen atoms in total. The summed E-state index contributed by atoms with van der Waals surface area (Å²) in [6.07, 6.45) is 2.36. The Hall–Kier alpha value is -2.62. The fraction of sp³-hybridized carbons (Fsp3) is 0.300. The Kier molecular flexibility index (Phi) is 7.83. The van der Waals surface area contributed by atoms with Crippen LogP contribution in [0.3, 0.4) is 0 Å². The van der Waals surface area contributed by atoms with Crippen molar-refractivity contribution in [1.29, 1.82) is 0 Å². The number of amidine groups is 1. The fourth-order valence-electron chi connectivity index (χ4n) is 2.94. The summed E-state index contributed by atoms with van der Waals surface area (Å²) in [7, 11) is 1.69. The van der Waals surface area contributed by atoms with Gasteiger partial charge in [0, 0.05) is 12.1 Å². The number of hydrogen-bond acceptors (Lipinski definition) is 7. The Balaban J connectivity index is 0.00000320. The van der Waals surface area contributed by atoms with Crippen LogP contribution in [0, 0.1) is 0 Å². The monoisotopic (exact) mass is 452 g/mol. The first-order valence-electron chi connectivity index (χ1n) is 9.09. The number of methoxy groups -OCH3 is 1. The third-order valence-electron chi connectivity index (χ3n) is 4.38. The minimum absolute atomic E-state index is 0. The molecule has 1 aliphatic heterocycles. The topological polar surface area (TPSA) is 94.8 Å². The summed E-state index contributed by atoms with van der Waals surface area (Å²) in [5.41, 5.74) is 1.24. The van der Waals surface area contributed by atoms with Gasteiger partial charge in [0.1, 0.15) is 4.90 Å². The number of hydrogen-bond donors (Lipinski definition) is 1. The molecule has 0 spiro atoms. The van der Waals surface area contributed by atoms with Crippen LogP contribution in [-0.4, -0.2) is 69.8 Å². The molecule has 0 radical (unpaired) electrons. The first-order chi connectivity index (χ1) is 13.8. The lowest BCUT2D eigenvalue weighted by Crippen LogP contribution is -2.29. The molecule has 30 heavy (non-hydrogen) atoms. The summed E-state index contributed by atoms with van der Waals surface area (Å²) in [5, 5.41) is 15.9. The van der Waals surface area contributed by atoms with Gasteiger partial charge in [-0.25, -0.2) is 5.01 Å². The van der Waals surface area contributed by atoms with Gasteiger partial charge in [-0.05, 0) is 63.0 Å². The summed E-state index contributed by atoms with van der Waals surface area (Å²) in [4.78, 5) is 2.24. The Bertz CT molecular complexity index is 1050. The Morgan fingerprint density at radius 3 is 2.60 bits per heavy atom. The predicted octanol–water partition coefficient (Wildman–Crippen LogP) is 2.56. The van der Waals surface area contributed by atoms with Gasteiger partial charge in [0.25, 0.3) is 10.0 Å². The summed E-state index contributed by atoms with van der Waals surface area (Å²) < 4.78 is 33.9. The van der Waals surface area contributed by atoms with Gasteiger partial charge in [-0.2, -0.15) is 13.5 Å². The van der Waals surface area contributed by atoms with E-state index in [2.05, 4.69) is 9.50 Å². The van der Waals surface area contributed by atoms with Crippen LogP contribution in [0.1, 0.15) is 17.5 Å². The van der Waals surface area contributed by atoms with Crippen LogP contribution in [0.4, 0.5) is 0 Å². The highest BCUT2D eigenvalue weighted by atomic mass is 35.5. The molecule has 0 saturated carbocycles. The van der Waals surface area contributed by atoms with E-state index < -0.39 is 10.0 Å². The number of fused-ring (bicyclic) bond motifs is 1. The van der Waals surface area contributed by atoms with Crippen molar-refractivity contribution >= 4 is 34.5 Å². The van der Waals surface area contributed by atoms with Crippen LogP contribution in [0.15, 0.2) is 56.9 Å². The van der Waals surface area contributed by atoms with Crippen LogP contribution >= 0.6 is 12.4 Å². The van der Waals surface area contributed by atoms with Crippen LogP contribution in [-0.2, 0) is 10.0 Å². The zero-order chi connectivity index (χ0) is 21.0. The highest BCUT2D eigenvalue weighted by molar-refractivity contribution is 7.90. The van der Waals surface area contributed by atoms with Gasteiger partial charge in [-0.1, -0.05) is 12.1 Å². The van der Waals surface area contributed by atoms with Crippen molar-refractivity contribution in [3.05, 3.63) is 53.6 Å². The van der Waals surface area contributed by atoms with E-state index in [9.17, 15) is 13.5 Å². The quantitative estimate of drug-likeness (QED) is 0.512. The highest BCUT2D eigenvalue weighted by Crippen LogP contribution is 2.28. The first-order valence-corrected chi connectivity index (χ1v) is 10.5. The van der Waals surface area contributed by atoms with Crippen molar-refractivity contribution < 1.29 is 18.3 Å². The maximum Gasteiger partial charge on any atom is 0.285 e. The van der Waals surface area contributed by atoms with Crippen molar-refractivity contribution in [2.45, 2.75) is 11.3 Å². The minimum Gasteiger partial charge on any atom is -0.504 e. The number of benzene rings is 2. The maximum atomic E-state index is 12.4. The molecule has 0 aromatic heterocycles. The smallest absolute Gasteiger partial charge is 0.285 e. The molecule has 0 amide bonds. The second-order valence-electron chi connectivity index (χ2n) is 6.84. The molecule has 0 fully saturated rings. The number of hydrazone groups is 1. The molecule has 2 aromatic rings. The van der Waals surface area contributed by atoms with Gasteiger partial charge in [-0.3, -0.25) is 0 Å². The predicted molar refractivity (Wildman–Crippen MR) is 120 cm³/mol. The van der Waals surface area contributed by atoms with Crippen molar-refractivity contribution in [3.8, 4) is 11.5 Å². The van der Waals surface area contributed by atoms with Crippen LogP contribution in [0.2, 0.25) is 0 Å². The Morgan fingerprint density at radius 2 is 1.90 bits per heavy atom. The van der Waals surface area contributed by atoms with E-state index >= 15 is 0 Å². The van der Waals surface area contributed by atoms with Crippen molar-refractivity contribution in [2.24, 2.45) is 9.50 Å². The third kappa shape index (κ3) is 5.29. The van der Waals surface area contributed by atoms with Crippen LogP contribution in [0.25, 0.3) is 0 Å². The van der Waals surface area contributed by atoms with Crippen molar-refractivity contribution in [2.75, 3.05) is 34.3 Å². The average Bonchev–Trinajstić information content (AvgIpc) is 2.96. The molecular formula is C20H25ClN4O4S.